The monoisotopic (exact) mass is 336 g/mol. The number of rotatable bonds is 7. The molecule has 6 nitrogen and oxygen atoms in total. The predicted molar refractivity (Wildman–Crippen MR) is 72.9 cm³/mol. The summed E-state index contributed by atoms with van der Waals surface area (Å²) in [4.78, 5) is 32.9. The molecule has 0 aromatic heterocycles. The quantitative estimate of drug-likeness (QED) is 0.645. The summed E-state index contributed by atoms with van der Waals surface area (Å²) in [5.74, 6) is -7.60. The van der Waals surface area contributed by atoms with Crippen molar-refractivity contribution in [2.24, 2.45) is 0 Å². The van der Waals surface area contributed by atoms with Gasteiger partial charge >= 0.3 is 5.97 Å². The normalized spacial score (nSPS) is 10.1. The number of hydrogen-bond acceptors (Lipinski definition) is 4. The highest BCUT2D eigenvalue weighted by Crippen LogP contribution is 2.19. The number of thioether (sulfide) groups is 1. The van der Waals surface area contributed by atoms with Crippen LogP contribution >= 0.6 is 11.8 Å². The van der Waals surface area contributed by atoms with Gasteiger partial charge < -0.3 is 15.7 Å². The van der Waals surface area contributed by atoms with Gasteiger partial charge in [-0.3, -0.25) is 14.4 Å². The molecule has 22 heavy (non-hydrogen) atoms. The molecule has 0 saturated heterocycles. The van der Waals surface area contributed by atoms with Gasteiger partial charge in [0.05, 0.1) is 23.7 Å². The molecule has 0 radical (unpaired) electrons. The lowest BCUT2D eigenvalue weighted by Gasteiger charge is -2.08. The minimum Gasteiger partial charge on any atom is -0.481 e. The third-order valence-electron chi connectivity index (χ3n) is 2.21. The zero-order valence-electron chi connectivity index (χ0n) is 11.0. The van der Waals surface area contributed by atoms with Crippen LogP contribution in [-0.4, -0.2) is 40.9 Å². The molecule has 0 aliphatic carbocycles. The van der Waals surface area contributed by atoms with Crippen molar-refractivity contribution < 1.29 is 32.7 Å². The number of hydrogen-bond donors (Lipinski definition) is 3. The van der Waals surface area contributed by atoms with E-state index in [2.05, 4.69) is 5.32 Å². The maximum absolute atomic E-state index is 13.3. The van der Waals surface area contributed by atoms with Crippen molar-refractivity contribution in [3.63, 3.8) is 0 Å². The Balaban J connectivity index is 2.42. The van der Waals surface area contributed by atoms with E-state index in [1.165, 1.54) is 0 Å². The lowest BCUT2D eigenvalue weighted by Crippen LogP contribution is -2.34. The summed E-state index contributed by atoms with van der Waals surface area (Å²) in [6.45, 7) is -0.523. The van der Waals surface area contributed by atoms with Gasteiger partial charge in [0, 0.05) is 0 Å². The number of benzene rings is 1. The van der Waals surface area contributed by atoms with Crippen LogP contribution in [0.15, 0.2) is 12.1 Å². The number of amides is 2. The molecule has 1 aromatic rings. The molecule has 0 atom stereocenters. The van der Waals surface area contributed by atoms with Gasteiger partial charge in [0.15, 0.2) is 17.5 Å². The lowest BCUT2D eigenvalue weighted by atomic mass is 10.2. The number of nitrogens with one attached hydrogen (secondary N) is 2. The Morgan fingerprint density at radius 3 is 2.36 bits per heavy atom. The summed E-state index contributed by atoms with van der Waals surface area (Å²) in [5.41, 5.74) is -0.557. The highest BCUT2D eigenvalue weighted by atomic mass is 32.2. The van der Waals surface area contributed by atoms with E-state index in [1.54, 1.807) is 0 Å². The molecule has 1 aromatic carbocycles. The number of halogens is 3. The van der Waals surface area contributed by atoms with Gasteiger partial charge in [-0.25, -0.2) is 13.2 Å². The third-order valence-corrected chi connectivity index (χ3v) is 3.13. The van der Waals surface area contributed by atoms with Crippen LogP contribution in [0.2, 0.25) is 0 Å². The highest BCUT2D eigenvalue weighted by molar-refractivity contribution is 8.00. The van der Waals surface area contributed by atoms with E-state index in [-0.39, 0.29) is 11.5 Å². The molecular formula is C12H11F3N2O4S. The van der Waals surface area contributed by atoms with Crippen LogP contribution in [0.25, 0.3) is 0 Å². The standard InChI is InChI=1S/C12H11F3N2O4S/c13-6-1-2-7(12(15)11(6)14)17-8(18)3-16-9(19)4-22-5-10(20)21/h1-2H,3-5H2,(H,16,19)(H,17,18)(H,20,21). The number of anilines is 1. The number of carboxylic acid groups (broad SMARTS) is 1. The Kier molecular flexibility index (Phi) is 6.70. The molecular weight excluding hydrogens is 325 g/mol. The van der Waals surface area contributed by atoms with E-state index >= 15 is 0 Å². The van der Waals surface area contributed by atoms with Crippen molar-refractivity contribution in [2.75, 3.05) is 23.4 Å². The largest absolute Gasteiger partial charge is 0.481 e. The molecule has 0 aliphatic rings. The molecule has 2 amide bonds. The van der Waals surface area contributed by atoms with Crippen LogP contribution < -0.4 is 10.6 Å². The Labute approximate surface area is 127 Å². The summed E-state index contributed by atoms with van der Waals surface area (Å²) in [5, 5.41) is 12.5. The van der Waals surface area contributed by atoms with E-state index in [0.717, 1.165) is 17.8 Å². The summed E-state index contributed by atoms with van der Waals surface area (Å²) < 4.78 is 38.9. The topological polar surface area (TPSA) is 95.5 Å². The van der Waals surface area contributed by atoms with Crippen LogP contribution in [0.1, 0.15) is 0 Å². The fourth-order valence-corrected chi connectivity index (χ4v) is 1.84. The molecule has 3 N–H and O–H groups in total. The Morgan fingerprint density at radius 1 is 1.05 bits per heavy atom. The van der Waals surface area contributed by atoms with Crippen molar-refractivity contribution in [3.8, 4) is 0 Å². The van der Waals surface area contributed by atoms with Crippen LogP contribution in [0, 0.1) is 17.5 Å². The lowest BCUT2D eigenvalue weighted by molar-refractivity contribution is -0.133. The second-order valence-electron chi connectivity index (χ2n) is 3.93. The number of carbonyl (C=O) groups excluding carboxylic acids is 2. The van der Waals surface area contributed by atoms with Gasteiger partial charge in [0.1, 0.15) is 0 Å². The van der Waals surface area contributed by atoms with E-state index in [0.29, 0.717) is 6.07 Å². The van der Waals surface area contributed by atoms with Crippen LogP contribution in [0.4, 0.5) is 18.9 Å². The zero-order valence-corrected chi connectivity index (χ0v) is 11.8. The van der Waals surface area contributed by atoms with Crippen molar-refractivity contribution in [2.45, 2.75) is 0 Å². The number of carboxylic acids is 1. The highest BCUT2D eigenvalue weighted by Gasteiger charge is 2.15. The zero-order chi connectivity index (χ0) is 16.7. The first kappa shape index (κ1) is 17.8. The fraction of sp³-hybridized carbons (Fsp3) is 0.250. The molecule has 0 saturated carbocycles. The molecule has 0 aliphatic heterocycles. The second kappa shape index (κ2) is 8.27. The molecule has 0 fully saturated rings. The van der Waals surface area contributed by atoms with E-state index in [4.69, 9.17) is 5.11 Å². The van der Waals surface area contributed by atoms with Gasteiger partial charge in [0.2, 0.25) is 11.8 Å². The molecule has 10 heteroatoms. The molecule has 0 bridgehead atoms. The molecule has 0 spiro atoms. The summed E-state index contributed by atoms with van der Waals surface area (Å²) in [6, 6.07) is 1.49. The van der Waals surface area contributed by atoms with E-state index in [9.17, 15) is 27.6 Å². The molecule has 0 heterocycles. The van der Waals surface area contributed by atoms with Crippen molar-refractivity contribution in [1.82, 2.24) is 5.32 Å². The summed E-state index contributed by atoms with van der Waals surface area (Å²) in [6.07, 6.45) is 0. The van der Waals surface area contributed by atoms with E-state index < -0.39 is 47.5 Å². The average molecular weight is 336 g/mol. The van der Waals surface area contributed by atoms with Gasteiger partial charge in [-0.15, -0.1) is 11.8 Å². The number of carbonyl (C=O) groups is 3. The van der Waals surface area contributed by atoms with Gasteiger partial charge in [-0.1, -0.05) is 0 Å². The van der Waals surface area contributed by atoms with Gasteiger partial charge in [-0.2, -0.15) is 0 Å². The van der Waals surface area contributed by atoms with Gasteiger partial charge in [-0.05, 0) is 12.1 Å². The maximum atomic E-state index is 13.3. The summed E-state index contributed by atoms with van der Waals surface area (Å²) in [7, 11) is 0. The molecule has 1 rings (SSSR count). The Morgan fingerprint density at radius 2 is 1.73 bits per heavy atom. The minimum absolute atomic E-state index is 0.168. The number of aliphatic carboxylic acids is 1. The molecule has 120 valence electrons. The second-order valence-corrected chi connectivity index (χ2v) is 4.92. The van der Waals surface area contributed by atoms with Crippen LogP contribution in [0.3, 0.4) is 0 Å². The predicted octanol–water partition coefficient (Wildman–Crippen LogP) is 0.976. The Hall–Kier alpha value is -2.23. The Bertz CT molecular complexity index is 598. The minimum atomic E-state index is -1.72. The fourth-order valence-electron chi connectivity index (χ4n) is 1.28. The first-order valence-corrected chi connectivity index (χ1v) is 6.96. The van der Waals surface area contributed by atoms with E-state index in [1.807, 2.05) is 5.32 Å². The third kappa shape index (κ3) is 5.64. The average Bonchev–Trinajstić information content (AvgIpc) is 2.45. The van der Waals surface area contributed by atoms with Crippen LogP contribution in [-0.2, 0) is 14.4 Å². The first-order chi connectivity index (χ1) is 10.3. The SMILES string of the molecule is O=C(O)CSCC(=O)NCC(=O)Nc1ccc(F)c(F)c1F. The smallest absolute Gasteiger partial charge is 0.313 e. The van der Waals surface area contributed by atoms with Crippen molar-refractivity contribution in [3.05, 3.63) is 29.6 Å². The maximum Gasteiger partial charge on any atom is 0.313 e. The van der Waals surface area contributed by atoms with Gasteiger partial charge in [0.25, 0.3) is 0 Å². The molecule has 0 unspecified atom stereocenters. The van der Waals surface area contributed by atoms with Crippen molar-refractivity contribution >= 4 is 35.2 Å². The summed E-state index contributed by atoms with van der Waals surface area (Å²) >= 11 is 0.837. The first-order valence-electron chi connectivity index (χ1n) is 5.81. The van der Waals surface area contributed by atoms with Crippen LogP contribution in [0.5, 0.6) is 0 Å². The van der Waals surface area contributed by atoms with Crippen molar-refractivity contribution in [1.29, 1.82) is 0 Å².